The number of H-pyrrole nitrogens is 2. The molecule has 0 aliphatic carbocycles. The average molecular weight is 1380 g/mol. The predicted molar refractivity (Wildman–Crippen MR) is 405 cm³/mol. The number of rotatable bonds is 46. The second-order valence-corrected chi connectivity index (χ2v) is 26.6. The van der Waals surface area contributed by atoms with Crippen molar-refractivity contribution in [3.8, 4) is 45.3 Å². The van der Waals surface area contributed by atoms with E-state index in [9.17, 15) is 19.2 Å². The van der Waals surface area contributed by atoms with Crippen LogP contribution in [-0.2, 0) is 51.0 Å². The number of unbranched alkanes of at least 4 members (excludes halogenated alkanes) is 12. The third-order valence-corrected chi connectivity index (χ3v) is 18.9. The van der Waals surface area contributed by atoms with Crippen LogP contribution in [0.25, 0.3) is 66.6 Å². The number of allylic oxidation sites excluding steroid dienone is 4. The molecule has 0 radical (unpaired) electrons. The second-order valence-electron chi connectivity index (χ2n) is 26.6. The molecule has 2 N–H and O–H groups in total. The Labute approximate surface area is 596 Å². The number of esters is 4. The van der Waals surface area contributed by atoms with Crippen LogP contribution in [0.3, 0.4) is 0 Å². The molecule has 0 fully saturated rings. The van der Waals surface area contributed by atoms with Gasteiger partial charge in [0.05, 0.1) is 86.7 Å². The molecule has 100 heavy (non-hydrogen) atoms. The van der Waals surface area contributed by atoms with Crippen molar-refractivity contribution in [2.75, 3.05) is 52.9 Å². The quantitative estimate of drug-likeness (QED) is 0.0212. The molecule has 546 valence electrons. The zero-order chi connectivity index (χ0) is 71.8. The topological polar surface area (TPSA) is 199 Å². The van der Waals surface area contributed by atoms with Crippen LogP contribution in [0, 0.1) is 13.8 Å². The highest BCUT2D eigenvalue weighted by Gasteiger charge is 2.28. The van der Waals surface area contributed by atoms with Crippen LogP contribution in [0.15, 0.2) is 48.5 Å². The van der Waals surface area contributed by atoms with Gasteiger partial charge in [-0.25, -0.2) is 9.97 Å². The molecule has 5 aromatic rings. The molecule has 16 nitrogen and oxygen atoms in total. The fourth-order valence-corrected chi connectivity index (χ4v) is 13.6. The number of nitrogens with zero attached hydrogens (tertiary/aromatic N) is 2. The van der Waals surface area contributed by atoms with Gasteiger partial charge >= 0.3 is 23.9 Å². The zero-order valence-electron chi connectivity index (χ0n) is 62.9. The summed E-state index contributed by atoms with van der Waals surface area (Å²) in [5.74, 6) is 1.27. The maximum atomic E-state index is 12.6. The van der Waals surface area contributed by atoms with Crippen molar-refractivity contribution in [2.45, 2.75) is 263 Å². The van der Waals surface area contributed by atoms with Crippen LogP contribution in [0.2, 0.25) is 0 Å². The molecule has 0 amide bonds. The highest BCUT2D eigenvalue weighted by Crippen LogP contribution is 2.47. The van der Waals surface area contributed by atoms with E-state index in [0.29, 0.717) is 75.1 Å². The Morgan fingerprint density at radius 1 is 0.350 bits per heavy atom. The van der Waals surface area contributed by atoms with Crippen molar-refractivity contribution in [3.05, 3.63) is 93.6 Å². The summed E-state index contributed by atoms with van der Waals surface area (Å²) in [6, 6.07) is 16.8. The number of hydrogen-bond donors (Lipinski definition) is 2. The number of benzene rings is 2. The Balaban J connectivity index is 1.66. The first kappa shape index (κ1) is 79.4. The molecular weight excluding hydrogens is 1260 g/mol. The van der Waals surface area contributed by atoms with E-state index in [1.54, 1.807) is 0 Å². The maximum Gasteiger partial charge on any atom is 0.305 e. The molecule has 0 saturated heterocycles. The molecular formula is C84H118N4O12. The van der Waals surface area contributed by atoms with Gasteiger partial charge in [0.25, 0.3) is 0 Å². The summed E-state index contributed by atoms with van der Waals surface area (Å²) in [4.78, 5) is 70.6. The van der Waals surface area contributed by atoms with Crippen LogP contribution >= 0.6 is 0 Å². The number of carbonyl (C=O) groups excluding carboxylic acids is 4. The van der Waals surface area contributed by atoms with E-state index < -0.39 is 0 Å². The molecule has 16 heteroatoms. The Morgan fingerprint density at radius 2 is 0.640 bits per heavy atom. The van der Waals surface area contributed by atoms with Gasteiger partial charge in [0.2, 0.25) is 0 Å². The lowest BCUT2D eigenvalue weighted by Crippen LogP contribution is -2.07. The van der Waals surface area contributed by atoms with Gasteiger partial charge in [0, 0.05) is 60.0 Å². The first-order chi connectivity index (χ1) is 48.6. The number of aromatic nitrogens is 4. The molecule has 0 spiro atoms. The first-order valence-electron chi connectivity index (χ1n) is 38.3. The third-order valence-electron chi connectivity index (χ3n) is 18.9. The average Bonchev–Trinajstić information content (AvgIpc) is 1.59. The third kappa shape index (κ3) is 23.1. The number of aromatic amines is 2. The number of hydrogen-bond acceptors (Lipinski definition) is 14. The van der Waals surface area contributed by atoms with E-state index >= 15 is 0 Å². The smallest absolute Gasteiger partial charge is 0.305 e. The van der Waals surface area contributed by atoms with Crippen molar-refractivity contribution < 1.29 is 57.1 Å². The minimum Gasteiger partial charge on any atom is -0.493 e. The van der Waals surface area contributed by atoms with Crippen molar-refractivity contribution in [1.82, 2.24) is 19.9 Å². The van der Waals surface area contributed by atoms with E-state index in [1.165, 1.54) is 22.3 Å². The minimum absolute atomic E-state index is 0.224. The number of ether oxygens (including phenoxy) is 8. The van der Waals surface area contributed by atoms with Gasteiger partial charge in [0.15, 0.2) is 0 Å². The van der Waals surface area contributed by atoms with Crippen LogP contribution in [0.4, 0.5) is 0 Å². The van der Waals surface area contributed by atoms with Gasteiger partial charge < -0.3 is 47.9 Å². The normalized spacial score (nSPS) is 12.1. The van der Waals surface area contributed by atoms with Gasteiger partial charge in [-0.05, 0) is 225 Å². The molecule has 2 aromatic carbocycles. The summed E-state index contributed by atoms with van der Waals surface area (Å²) in [6.07, 6.45) is 23.4. The molecule has 2 aliphatic heterocycles. The summed E-state index contributed by atoms with van der Waals surface area (Å²) in [5, 5.41) is 0. The summed E-state index contributed by atoms with van der Waals surface area (Å²) in [5.41, 5.74) is 20.3. The Hall–Kier alpha value is -7.88. The van der Waals surface area contributed by atoms with Crippen LogP contribution in [0.1, 0.15) is 281 Å². The molecule has 2 aliphatic rings. The predicted octanol–water partition coefficient (Wildman–Crippen LogP) is 21.2. The molecule has 8 bridgehead atoms. The zero-order valence-corrected chi connectivity index (χ0v) is 62.9. The first-order valence-corrected chi connectivity index (χ1v) is 38.3. The van der Waals surface area contributed by atoms with Gasteiger partial charge in [-0.2, -0.15) is 0 Å². The largest absolute Gasteiger partial charge is 0.493 e. The van der Waals surface area contributed by atoms with E-state index in [0.717, 1.165) is 218 Å². The molecule has 3 aromatic heterocycles. The van der Waals surface area contributed by atoms with Crippen LogP contribution in [0.5, 0.6) is 23.0 Å². The van der Waals surface area contributed by atoms with E-state index in [2.05, 4.69) is 102 Å². The number of carbonyl (C=O) groups is 4. The molecule has 7 rings (SSSR count). The standard InChI is InChI=1S/C84H118N4O12/c1-13-21-25-29-37-67-57(9)81-79(61-49-63(97-45-33-41-75(89)93-17-5)53-64(50-61)98-46-34-42-76(90)94-18-6)82-59(11)69(39-31-27-23-15-3)73(87-82)56-74-70(40-32-28-24-16-4)60(12)84(88-74)80(83-58(10)68(38-30-26-22-14-2)72(86-83)55-71(67)85-81)62-51-65(99-47-35-43-77(91)95-19-7)54-66(52-62)100-48-36-44-78(92)96-20-8/h49-56,85,88H,13-48H2,1-12H3. The number of aryl methyl sites for hydroxylation is 4. The van der Waals surface area contributed by atoms with Gasteiger partial charge in [-0.15, -0.1) is 0 Å². The monoisotopic (exact) mass is 1370 g/mol. The highest BCUT2D eigenvalue weighted by molar-refractivity contribution is 6.04. The van der Waals surface area contributed by atoms with Crippen LogP contribution in [-0.4, -0.2) is 96.7 Å². The maximum absolute atomic E-state index is 12.6. The summed E-state index contributed by atoms with van der Waals surface area (Å²) >= 11 is 0. The minimum atomic E-state index is -0.263. The number of fused-ring (bicyclic) bond motifs is 8. The summed E-state index contributed by atoms with van der Waals surface area (Å²) in [7, 11) is 0. The fraction of sp³-hybridized carbons (Fsp3) is 0.571. The summed E-state index contributed by atoms with van der Waals surface area (Å²) in [6.45, 7) is 27.6. The van der Waals surface area contributed by atoms with E-state index in [-0.39, 0.29) is 76.0 Å². The second kappa shape index (κ2) is 42.4. The summed E-state index contributed by atoms with van der Waals surface area (Å²) < 4.78 is 47.7. The lowest BCUT2D eigenvalue weighted by atomic mass is 9.93. The van der Waals surface area contributed by atoms with Gasteiger partial charge in [-0.3, -0.25) is 19.2 Å². The van der Waals surface area contributed by atoms with Gasteiger partial charge in [0.1, 0.15) is 23.0 Å². The van der Waals surface area contributed by atoms with Gasteiger partial charge in [-0.1, -0.05) is 105 Å². The fourth-order valence-electron chi connectivity index (χ4n) is 13.6. The van der Waals surface area contributed by atoms with E-state index in [4.69, 9.17) is 47.9 Å². The van der Waals surface area contributed by atoms with E-state index in [1.807, 2.05) is 39.8 Å². The SMILES string of the molecule is CCCCCCC1=C(C)c2nc1cc1[nH]c(c(C)c1CCCCCC)c(-c1cc(OCCCC(=O)OCC)cc(OCCCC(=O)OCC)c1)c1nc(cc3[nH]c(c(C)c3CCCCCC)c2-c2cc(OCCCC(=O)OCC)cc(OCCCC(=O)OCC)c2)C(CCCCCC)=C1C. The molecule has 0 atom stereocenters. The van der Waals surface area contributed by atoms with Crippen LogP contribution < -0.4 is 18.9 Å². The van der Waals surface area contributed by atoms with Crippen molar-refractivity contribution in [2.24, 2.45) is 0 Å². The van der Waals surface area contributed by atoms with Crippen molar-refractivity contribution in [3.63, 3.8) is 0 Å². The number of nitrogens with one attached hydrogen (secondary N) is 2. The molecule has 0 unspecified atom stereocenters. The van der Waals surface area contributed by atoms with Crippen molar-refractivity contribution in [1.29, 1.82) is 0 Å². The lowest BCUT2D eigenvalue weighted by molar-refractivity contribution is -0.144. The highest BCUT2D eigenvalue weighted by atomic mass is 16.5. The molecule has 0 saturated carbocycles. The lowest BCUT2D eigenvalue weighted by Gasteiger charge is -2.15. The molecule has 5 heterocycles. The van der Waals surface area contributed by atoms with Crippen molar-refractivity contribution >= 4 is 68.2 Å². The Kier molecular flexibility index (Phi) is 33.7. The Morgan fingerprint density at radius 3 is 0.920 bits per heavy atom. The Bertz CT molecular complexity index is 3410.